The van der Waals surface area contributed by atoms with Crippen molar-refractivity contribution in [1.82, 2.24) is 4.98 Å². The van der Waals surface area contributed by atoms with Gasteiger partial charge in [0.15, 0.2) is 0 Å². The van der Waals surface area contributed by atoms with Crippen molar-refractivity contribution in [2.75, 3.05) is 0 Å². The number of hydrogen-bond acceptors (Lipinski definition) is 3. The highest BCUT2D eigenvalue weighted by molar-refractivity contribution is 7.30. The highest BCUT2D eigenvalue weighted by Gasteiger charge is 1.93. The van der Waals surface area contributed by atoms with E-state index in [2.05, 4.69) is 4.98 Å². The van der Waals surface area contributed by atoms with Crippen LogP contribution >= 0.6 is 8.25 Å². The second-order valence-corrected chi connectivity index (χ2v) is 2.36. The Labute approximate surface area is 76.0 Å². The summed E-state index contributed by atoms with van der Waals surface area (Å²) in [5.74, 6) is 0. The zero-order chi connectivity index (χ0) is 10.1. The van der Waals surface area contributed by atoms with E-state index in [4.69, 9.17) is 19.5 Å². The summed E-state index contributed by atoms with van der Waals surface area (Å²) in [6.07, 6.45) is 5.94. The molecule has 0 aliphatic carbocycles. The maximum atomic E-state index is 8.70. The predicted molar refractivity (Wildman–Crippen MR) is 47.9 cm³/mol. The van der Waals surface area contributed by atoms with Crippen LogP contribution in [0.2, 0.25) is 0 Å². The van der Waals surface area contributed by atoms with Crippen molar-refractivity contribution in [2.45, 2.75) is 0 Å². The Morgan fingerprint density at radius 1 is 1.46 bits per heavy atom. The summed E-state index contributed by atoms with van der Waals surface area (Å²) in [6, 6.07) is 3.68. The molecule has 6 heteroatoms. The van der Waals surface area contributed by atoms with E-state index in [0.29, 0.717) is 0 Å². The van der Waals surface area contributed by atoms with Crippen molar-refractivity contribution in [2.24, 2.45) is 0 Å². The molecule has 1 aromatic rings. The average Bonchev–Trinajstić information content (AvgIpc) is 2.06. The van der Waals surface area contributed by atoms with E-state index in [1.54, 1.807) is 18.5 Å². The Morgan fingerprint density at radius 2 is 2.08 bits per heavy atom. The largest absolute Gasteiger partial charge is 0.692 e. The van der Waals surface area contributed by atoms with Gasteiger partial charge in [-0.2, -0.15) is 0 Å². The van der Waals surface area contributed by atoms with Crippen LogP contribution in [0.1, 0.15) is 5.56 Å². The Hall–Kier alpha value is -1.29. The quantitative estimate of drug-likeness (QED) is 0.470. The van der Waals surface area contributed by atoms with Gasteiger partial charge in [-0.3, -0.25) is 4.98 Å². The first-order chi connectivity index (χ1) is 6.16. The molecule has 0 unspecified atom stereocenters. The van der Waals surface area contributed by atoms with Gasteiger partial charge >= 0.3 is 8.25 Å². The minimum absolute atomic E-state index is 0.903. The van der Waals surface area contributed by atoms with Crippen LogP contribution in [0.15, 0.2) is 30.8 Å². The summed E-state index contributed by atoms with van der Waals surface area (Å²) in [7, 11) is -2.87. The van der Waals surface area contributed by atoms with Crippen molar-refractivity contribution in [3.63, 3.8) is 0 Å². The molecule has 5 nitrogen and oxygen atoms in total. The van der Waals surface area contributed by atoms with Crippen LogP contribution in [-0.4, -0.2) is 19.9 Å². The van der Waals surface area contributed by atoms with Crippen LogP contribution in [0.5, 0.6) is 0 Å². The molecule has 1 rings (SSSR count). The van der Waals surface area contributed by atoms with Crippen molar-refractivity contribution in [3.05, 3.63) is 36.4 Å². The monoisotopic (exact) mass is 202 g/mol. The molecule has 0 aromatic carbocycles. The fourth-order valence-electron chi connectivity index (χ4n) is 0.561. The van der Waals surface area contributed by atoms with Gasteiger partial charge in [0, 0.05) is 17.0 Å². The van der Waals surface area contributed by atoms with Crippen LogP contribution in [0.4, 0.5) is 0 Å². The summed E-state index contributed by atoms with van der Waals surface area (Å²) in [4.78, 5) is 18.1. The highest BCUT2D eigenvalue weighted by Crippen LogP contribution is 1.98. The summed E-state index contributed by atoms with van der Waals surface area (Å²) in [6.45, 7) is 0. The Morgan fingerprint density at radius 3 is 2.46 bits per heavy atom. The van der Waals surface area contributed by atoms with E-state index in [1.807, 2.05) is 12.1 Å². The molecule has 0 atom stereocenters. The van der Waals surface area contributed by atoms with Crippen LogP contribution in [0, 0.1) is 0 Å². The van der Waals surface area contributed by atoms with Crippen molar-refractivity contribution < 1.29 is 19.5 Å². The van der Waals surface area contributed by atoms with Crippen molar-refractivity contribution in [3.8, 4) is 0 Å². The van der Waals surface area contributed by atoms with E-state index in [1.165, 1.54) is 0 Å². The Kier molecular flexibility index (Phi) is 6.63. The lowest BCUT2D eigenvalue weighted by Gasteiger charge is -1.85. The summed E-state index contributed by atoms with van der Waals surface area (Å²) in [5.41, 5.74) is 0.903. The fraction of sp³-hybridized carbons (Fsp3) is 0. The number of aromatic nitrogens is 1. The minimum Gasteiger partial charge on any atom is -0.516 e. The maximum Gasteiger partial charge on any atom is 0.692 e. The van der Waals surface area contributed by atoms with E-state index in [-0.39, 0.29) is 0 Å². The van der Waals surface area contributed by atoms with Crippen LogP contribution < -0.4 is 0 Å². The van der Waals surface area contributed by atoms with E-state index in [0.717, 1.165) is 11.8 Å². The Bertz CT molecular complexity index is 271. The third-order valence-electron chi connectivity index (χ3n) is 0.951. The minimum atomic E-state index is -2.87. The van der Waals surface area contributed by atoms with Gasteiger partial charge in [0.25, 0.3) is 0 Å². The highest BCUT2D eigenvalue weighted by atomic mass is 31.1. The van der Waals surface area contributed by atoms with Gasteiger partial charge < -0.3 is 5.11 Å². The average molecular weight is 202 g/mol. The molecule has 0 radical (unpaired) electrons. The van der Waals surface area contributed by atoms with Crippen LogP contribution in [-0.2, 0) is 4.57 Å². The second-order valence-electron chi connectivity index (χ2n) is 1.85. The van der Waals surface area contributed by atoms with Crippen LogP contribution in [0.25, 0.3) is 6.08 Å². The third-order valence-corrected chi connectivity index (χ3v) is 0.951. The molecular weight excluding hydrogens is 193 g/mol. The molecule has 0 saturated carbocycles. The molecule has 3 N–H and O–H groups in total. The fourth-order valence-corrected chi connectivity index (χ4v) is 0.561. The third kappa shape index (κ3) is 8.62. The molecule has 0 amide bonds. The molecular formula is C7H9NO4P+. The number of aliphatic hydroxyl groups excluding tert-OH is 1. The van der Waals surface area contributed by atoms with Gasteiger partial charge in [0.05, 0.1) is 6.26 Å². The van der Waals surface area contributed by atoms with E-state index < -0.39 is 8.25 Å². The summed E-state index contributed by atoms with van der Waals surface area (Å²) < 4.78 is 8.70. The first-order valence-electron chi connectivity index (χ1n) is 3.22. The maximum absolute atomic E-state index is 8.70. The van der Waals surface area contributed by atoms with E-state index in [9.17, 15) is 0 Å². The van der Waals surface area contributed by atoms with Gasteiger partial charge in [0.1, 0.15) is 0 Å². The predicted octanol–water partition coefficient (Wildman–Crippen LogP) is 1.24. The lowest BCUT2D eigenvalue weighted by molar-refractivity contribution is 0.405. The Balaban J connectivity index is 0.000000310. The van der Waals surface area contributed by atoms with Gasteiger partial charge in [0.2, 0.25) is 0 Å². The first kappa shape index (κ1) is 11.7. The molecule has 0 saturated heterocycles. The molecule has 0 spiro atoms. The molecule has 0 aliphatic rings. The first-order valence-corrected chi connectivity index (χ1v) is 4.39. The summed E-state index contributed by atoms with van der Waals surface area (Å²) in [5, 5.41) is 8.31. The standard InChI is InChI=1S/C7H7NO.HO3P/c9-5-3-7-2-1-4-8-6-7;1-4(2)3/h1-6,9H;(H-,1,2,3)/p+1. The van der Waals surface area contributed by atoms with Gasteiger partial charge in [-0.1, -0.05) is 6.07 Å². The lowest BCUT2D eigenvalue weighted by atomic mass is 10.3. The second kappa shape index (κ2) is 7.36. The van der Waals surface area contributed by atoms with Gasteiger partial charge in [-0.05, 0) is 17.7 Å². The zero-order valence-corrected chi connectivity index (χ0v) is 7.50. The normalized spacial score (nSPS) is 9.08. The number of aliphatic hydroxyl groups is 1. The van der Waals surface area contributed by atoms with Gasteiger partial charge in [-0.25, -0.2) is 0 Å². The molecule has 1 heterocycles. The van der Waals surface area contributed by atoms with Gasteiger partial charge in [-0.15, -0.1) is 9.79 Å². The van der Waals surface area contributed by atoms with Crippen LogP contribution in [0.3, 0.4) is 0 Å². The number of hydrogen-bond donors (Lipinski definition) is 3. The molecule has 0 fully saturated rings. The van der Waals surface area contributed by atoms with Crippen molar-refractivity contribution >= 4 is 14.3 Å². The number of pyridine rings is 1. The topological polar surface area (TPSA) is 90.7 Å². The lowest BCUT2D eigenvalue weighted by Crippen LogP contribution is -1.71. The molecule has 70 valence electrons. The number of rotatable bonds is 1. The van der Waals surface area contributed by atoms with Crippen molar-refractivity contribution in [1.29, 1.82) is 0 Å². The van der Waals surface area contributed by atoms with E-state index >= 15 is 0 Å². The molecule has 13 heavy (non-hydrogen) atoms. The molecule has 0 bridgehead atoms. The zero-order valence-electron chi connectivity index (χ0n) is 6.61. The molecule has 1 aromatic heterocycles. The SMILES string of the molecule is O=[P+](O)O.OC=Cc1cccnc1. The summed E-state index contributed by atoms with van der Waals surface area (Å²) >= 11 is 0. The smallest absolute Gasteiger partial charge is 0.516 e. The molecule has 0 aliphatic heterocycles. The number of nitrogens with zero attached hydrogens (tertiary/aromatic N) is 1.